The summed E-state index contributed by atoms with van der Waals surface area (Å²) in [6, 6.07) is 21.1. The highest BCUT2D eigenvalue weighted by Crippen LogP contribution is 2.42. The summed E-state index contributed by atoms with van der Waals surface area (Å²) in [5.41, 5.74) is 2.05. The second kappa shape index (κ2) is 10.0. The van der Waals surface area contributed by atoms with Crippen LogP contribution in [0.4, 0.5) is 10.1 Å². The number of nitrogens with zero attached hydrogens (tertiary/aromatic N) is 1. The van der Waals surface area contributed by atoms with Gasteiger partial charge < -0.3 is 5.32 Å². The van der Waals surface area contributed by atoms with Gasteiger partial charge in [0.25, 0.3) is 5.91 Å². The molecular formula is C25H20ClFN2O2S. The maximum atomic E-state index is 14.1. The first-order valence-corrected chi connectivity index (χ1v) is 11.3. The SMILES string of the molecule is O=C(CN1C(=O)C(=Cc2ccccc2F)Sc2ccccc21)NCCc1ccc(Cl)cc1. The van der Waals surface area contributed by atoms with Gasteiger partial charge in [-0.2, -0.15) is 0 Å². The molecule has 4 nitrogen and oxygen atoms in total. The first kappa shape index (κ1) is 22.1. The van der Waals surface area contributed by atoms with E-state index in [9.17, 15) is 14.0 Å². The normalized spacial score (nSPS) is 14.4. The van der Waals surface area contributed by atoms with E-state index < -0.39 is 5.82 Å². The Kier molecular flexibility index (Phi) is 6.93. The van der Waals surface area contributed by atoms with Crippen LogP contribution in [0.1, 0.15) is 11.1 Å². The van der Waals surface area contributed by atoms with E-state index in [2.05, 4.69) is 5.32 Å². The van der Waals surface area contributed by atoms with Crippen molar-refractivity contribution < 1.29 is 14.0 Å². The fraction of sp³-hybridized carbons (Fsp3) is 0.120. The smallest absolute Gasteiger partial charge is 0.265 e. The zero-order valence-corrected chi connectivity index (χ0v) is 18.6. The van der Waals surface area contributed by atoms with Gasteiger partial charge in [0.2, 0.25) is 5.91 Å². The summed E-state index contributed by atoms with van der Waals surface area (Å²) in [5, 5.41) is 3.53. The molecule has 162 valence electrons. The first-order valence-electron chi connectivity index (χ1n) is 10.1. The number of nitrogens with one attached hydrogen (secondary N) is 1. The Labute approximate surface area is 195 Å². The highest BCUT2D eigenvalue weighted by Gasteiger charge is 2.30. The minimum absolute atomic E-state index is 0.119. The molecule has 0 bridgehead atoms. The molecular weight excluding hydrogens is 447 g/mol. The van der Waals surface area contributed by atoms with Gasteiger partial charge in [-0.1, -0.05) is 65.8 Å². The number of halogens is 2. The Morgan fingerprint density at radius 2 is 1.75 bits per heavy atom. The summed E-state index contributed by atoms with van der Waals surface area (Å²) < 4.78 is 14.1. The fourth-order valence-electron chi connectivity index (χ4n) is 3.35. The van der Waals surface area contributed by atoms with E-state index >= 15 is 0 Å². The molecule has 0 aromatic heterocycles. The molecule has 1 aliphatic rings. The molecule has 1 heterocycles. The topological polar surface area (TPSA) is 49.4 Å². The molecule has 4 rings (SSSR count). The molecule has 1 N–H and O–H groups in total. The number of fused-ring (bicyclic) bond motifs is 1. The van der Waals surface area contributed by atoms with Gasteiger partial charge in [-0.3, -0.25) is 14.5 Å². The van der Waals surface area contributed by atoms with Crippen molar-refractivity contribution in [2.45, 2.75) is 11.3 Å². The molecule has 3 aromatic rings. The summed E-state index contributed by atoms with van der Waals surface area (Å²) in [7, 11) is 0. The molecule has 7 heteroatoms. The molecule has 0 fully saturated rings. The van der Waals surface area contributed by atoms with Crippen LogP contribution in [0.25, 0.3) is 6.08 Å². The number of benzene rings is 3. The molecule has 2 amide bonds. The van der Waals surface area contributed by atoms with Gasteiger partial charge in [0.1, 0.15) is 12.4 Å². The van der Waals surface area contributed by atoms with Crippen LogP contribution >= 0.6 is 23.4 Å². The van der Waals surface area contributed by atoms with Gasteiger partial charge in [0.05, 0.1) is 10.6 Å². The number of carbonyl (C=O) groups excluding carboxylic acids is 2. The van der Waals surface area contributed by atoms with Gasteiger partial charge in [-0.25, -0.2) is 4.39 Å². The van der Waals surface area contributed by atoms with Crippen LogP contribution < -0.4 is 10.2 Å². The van der Waals surface area contributed by atoms with Crippen LogP contribution in [0.15, 0.2) is 82.6 Å². The second-order valence-corrected chi connectivity index (χ2v) is 8.74. The van der Waals surface area contributed by atoms with Crippen molar-refractivity contribution in [1.82, 2.24) is 5.32 Å². The second-order valence-electron chi connectivity index (χ2n) is 7.22. The van der Waals surface area contributed by atoms with E-state index in [0.717, 1.165) is 10.5 Å². The van der Waals surface area contributed by atoms with Gasteiger partial charge >= 0.3 is 0 Å². The van der Waals surface area contributed by atoms with E-state index in [-0.39, 0.29) is 18.4 Å². The maximum Gasteiger partial charge on any atom is 0.265 e. The van der Waals surface area contributed by atoms with Crippen LogP contribution in [0.5, 0.6) is 0 Å². The van der Waals surface area contributed by atoms with Crippen LogP contribution in [0.3, 0.4) is 0 Å². The molecule has 0 atom stereocenters. The molecule has 0 unspecified atom stereocenters. The summed E-state index contributed by atoms with van der Waals surface area (Å²) in [6.45, 7) is 0.322. The summed E-state index contributed by atoms with van der Waals surface area (Å²) in [5.74, 6) is -0.997. The predicted octanol–water partition coefficient (Wildman–Crippen LogP) is 5.32. The van der Waals surface area contributed by atoms with E-state index in [4.69, 9.17) is 11.6 Å². The number of hydrogen-bond acceptors (Lipinski definition) is 3. The van der Waals surface area contributed by atoms with Gasteiger partial charge in [-0.05, 0) is 48.4 Å². The average Bonchev–Trinajstić information content (AvgIpc) is 2.79. The van der Waals surface area contributed by atoms with E-state index in [1.807, 2.05) is 42.5 Å². The van der Waals surface area contributed by atoms with E-state index in [1.54, 1.807) is 24.3 Å². The minimum atomic E-state index is -0.404. The summed E-state index contributed by atoms with van der Waals surface area (Å²) in [6.07, 6.45) is 2.19. The number of thioether (sulfide) groups is 1. The third-order valence-corrected chi connectivity index (χ3v) is 6.30. The monoisotopic (exact) mass is 466 g/mol. The molecule has 0 saturated heterocycles. The first-order chi connectivity index (χ1) is 15.5. The Morgan fingerprint density at radius 3 is 2.53 bits per heavy atom. The number of anilines is 1. The lowest BCUT2D eigenvalue weighted by molar-refractivity contribution is -0.122. The zero-order valence-electron chi connectivity index (χ0n) is 17.1. The van der Waals surface area contributed by atoms with Crippen molar-refractivity contribution in [3.63, 3.8) is 0 Å². The fourth-order valence-corrected chi connectivity index (χ4v) is 4.53. The quantitative estimate of drug-likeness (QED) is 0.500. The Bertz CT molecular complexity index is 1180. The molecule has 0 aliphatic carbocycles. The van der Waals surface area contributed by atoms with Crippen molar-refractivity contribution in [2.75, 3.05) is 18.0 Å². The lowest BCUT2D eigenvalue weighted by Crippen LogP contribution is -2.43. The summed E-state index contributed by atoms with van der Waals surface area (Å²) in [4.78, 5) is 28.4. The number of rotatable bonds is 6. The van der Waals surface area contributed by atoms with Crippen LogP contribution in [0, 0.1) is 5.82 Å². The average molecular weight is 467 g/mol. The number of para-hydroxylation sites is 1. The standard InChI is InChI=1S/C25H20ClFN2O2S/c26-19-11-9-17(10-12-19)13-14-28-24(30)16-29-21-7-3-4-8-22(21)32-23(25(29)31)15-18-5-1-2-6-20(18)27/h1-12,15H,13-14,16H2,(H,28,30). The molecule has 0 spiro atoms. The predicted molar refractivity (Wildman–Crippen MR) is 127 cm³/mol. The Balaban J connectivity index is 1.48. The molecule has 3 aromatic carbocycles. The number of carbonyl (C=O) groups is 2. The zero-order chi connectivity index (χ0) is 22.5. The van der Waals surface area contributed by atoms with Crippen molar-refractivity contribution in [2.24, 2.45) is 0 Å². The van der Waals surface area contributed by atoms with Crippen molar-refractivity contribution >= 4 is 46.9 Å². The minimum Gasteiger partial charge on any atom is -0.354 e. The van der Waals surface area contributed by atoms with Crippen LogP contribution in [-0.2, 0) is 16.0 Å². The number of amides is 2. The van der Waals surface area contributed by atoms with Crippen molar-refractivity contribution in [3.05, 3.63) is 99.7 Å². The Hall–Kier alpha value is -3.09. The van der Waals surface area contributed by atoms with Crippen LogP contribution in [-0.4, -0.2) is 24.9 Å². The number of hydrogen-bond donors (Lipinski definition) is 1. The lowest BCUT2D eigenvalue weighted by atomic mass is 10.1. The molecule has 1 aliphatic heterocycles. The molecule has 0 radical (unpaired) electrons. The van der Waals surface area contributed by atoms with E-state index in [1.165, 1.54) is 28.8 Å². The highest BCUT2D eigenvalue weighted by molar-refractivity contribution is 8.04. The third-order valence-electron chi connectivity index (χ3n) is 4.97. The lowest BCUT2D eigenvalue weighted by Gasteiger charge is -2.29. The van der Waals surface area contributed by atoms with Crippen LogP contribution in [0.2, 0.25) is 5.02 Å². The molecule has 0 saturated carbocycles. The van der Waals surface area contributed by atoms with Crippen molar-refractivity contribution in [1.29, 1.82) is 0 Å². The Morgan fingerprint density at radius 1 is 1.03 bits per heavy atom. The summed E-state index contributed by atoms with van der Waals surface area (Å²) >= 11 is 7.17. The van der Waals surface area contributed by atoms with Gasteiger partial charge in [0.15, 0.2) is 0 Å². The third kappa shape index (κ3) is 5.21. The van der Waals surface area contributed by atoms with Crippen molar-refractivity contribution in [3.8, 4) is 0 Å². The highest BCUT2D eigenvalue weighted by atomic mass is 35.5. The maximum absolute atomic E-state index is 14.1. The van der Waals surface area contributed by atoms with E-state index in [0.29, 0.717) is 34.1 Å². The largest absolute Gasteiger partial charge is 0.354 e. The van der Waals surface area contributed by atoms with Gasteiger partial charge in [-0.15, -0.1) is 0 Å². The molecule has 32 heavy (non-hydrogen) atoms. The van der Waals surface area contributed by atoms with Gasteiger partial charge in [0, 0.05) is 22.0 Å².